The quantitative estimate of drug-likeness (QED) is 0.840. The van der Waals surface area contributed by atoms with Gasteiger partial charge >= 0.3 is 0 Å². The van der Waals surface area contributed by atoms with E-state index < -0.39 is 0 Å². The zero-order chi connectivity index (χ0) is 11.3. The SMILES string of the molecule is CC(C)(C)OCCNCc1sccc1Br. The minimum absolute atomic E-state index is 0.0365. The molecule has 0 aromatic carbocycles. The van der Waals surface area contributed by atoms with Gasteiger partial charge in [0.2, 0.25) is 0 Å². The maximum atomic E-state index is 5.61. The molecule has 15 heavy (non-hydrogen) atoms. The van der Waals surface area contributed by atoms with Gasteiger partial charge in [0.15, 0.2) is 0 Å². The first-order chi connectivity index (χ1) is 6.99. The van der Waals surface area contributed by atoms with E-state index >= 15 is 0 Å². The molecule has 0 saturated carbocycles. The molecule has 86 valence electrons. The standard InChI is InChI=1S/C11H18BrNOS/c1-11(2,3)14-6-5-13-8-10-9(12)4-7-15-10/h4,7,13H,5-6,8H2,1-3H3. The Morgan fingerprint density at radius 1 is 1.47 bits per heavy atom. The molecule has 0 aliphatic carbocycles. The fourth-order valence-corrected chi connectivity index (χ4v) is 2.54. The van der Waals surface area contributed by atoms with E-state index in [1.807, 2.05) is 0 Å². The molecule has 0 unspecified atom stereocenters. The summed E-state index contributed by atoms with van der Waals surface area (Å²) in [5.74, 6) is 0. The van der Waals surface area contributed by atoms with Crippen LogP contribution in [0.15, 0.2) is 15.9 Å². The van der Waals surface area contributed by atoms with Crippen molar-refractivity contribution >= 4 is 27.3 Å². The lowest BCUT2D eigenvalue weighted by Crippen LogP contribution is -2.26. The van der Waals surface area contributed by atoms with E-state index in [1.54, 1.807) is 11.3 Å². The number of nitrogens with one attached hydrogen (secondary N) is 1. The van der Waals surface area contributed by atoms with Gasteiger partial charge < -0.3 is 10.1 Å². The fourth-order valence-electron chi connectivity index (χ4n) is 1.08. The van der Waals surface area contributed by atoms with E-state index in [4.69, 9.17) is 4.74 Å². The lowest BCUT2D eigenvalue weighted by atomic mass is 10.2. The first kappa shape index (κ1) is 13.2. The number of hydrogen-bond acceptors (Lipinski definition) is 3. The van der Waals surface area contributed by atoms with Crippen LogP contribution in [0.25, 0.3) is 0 Å². The van der Waals surface area contributed by atoms with Crippen LogP contribution in [0.3, 0.4) is 0 Å². The first-order valence-corrected chi connectivity index (χ1v) is 6.73. The molecule has 0 fully saturated rings. The van der Waals surface area contributed by atoms with Gasteiger partial charge in [-0.2, -0.15) is 0 Å². The summed E-state index contributed by atoms with van der Waals surface area (Å²) in [5, 5.41) is 5.45. The van der Waals surface area contributed by atoms with E-state index in [-0.39, 0.29) is 5.60 Å². The van der Waals surface area contributed by atoms with Gasteiger partial charge in [-0.15, -0.1) is 11.3 Å². The molecule has 0 saturated heterocycles. The van der Waals surface area contributed by atoms with Crippen molar-refractivity contribution < 1.29 is 4.74 Å². The summed E-state index contributed by atoms with van der Waals surface area (Å²) < 4.78 is 6.80. The Hall–Kier alpha value is 0.100. The molecule has 0 aliphatic heterocycles. The second-order valence-corrected chi connectivity index (χ2v) is 6.18. The average Bonchev–Trinajstić information content (AvgIpc) is 2.49. The van der Waals surface area contributed by atoms with Crippen molar-refractivity contribution in [2.45, 2.75) is 32.9 Å². The van der Waals surface area contributed by atoms with Crippen LogP contribution >= 0.6 is 27.3 Å². The maximum Gasteiger partial charge on any atom is 0.0599 e. The molecular formula is C11H18BrNOS. The van der Waals surface area contributed by atoms with E-state index in [1.165, 1.54) is 9.35 Å². The van der Waals surface area contributed by atoms with E-state index in [2.05, 4.69) is 53.5 Å². The largest absolute Gasteiger partial charge is 0.375 e. The van der Waals surface area contributed by atoms with E-state index in [0.29, 0.717) is 0 Å². The van der Waals surface area contributed by atoms with Crippen LogP contribution in [-0.4, -0.2) is 18.8 Å². The molecule has 1 aromatic rings. The molecule has 2 nitrogen and oxygen atoms in total. The molecule has 1 aromatic heterocycles. The van der Waals surface area contributed by atoms with E-state index in [9.17, 15) is 0 Å². The highest BCUT2D eigenvalue weighted by atomic mass is 79.9. The van der Waals surface area contributed by atoms with Gasteiger partial charge in [0, 0.05) is 22.4 Å². The zero-order valence-electron chi connectivity index (χ0n) is 9.47. The summed E-state index contributed by atoms with van der Waals surface area (Å²) in [6, 6.07) is 2.08. The predicted octanol–water partition coefficient (Wildman–Crippen LogP) is 3.42. The monoisotopic (exact) mass is 291 g/mol. The minimum atomic E-state index is -0.0365. The number of halogens is 1. The van der Waals surface area contributed by atoms with E-state index in [0.717, 1.165) is 19.7 Å². The van der Waals surface area contributed by atoms with Crippen LogP contribution in [0.2, 0.25) is 0 Å². The third-order valence-electron chi connectivity index (χ3n) is 1.79. The zero-order valence-corrected chi connectivity index (χ0v) is 11.9. The molecule has 4 heteroatoms. The van der Waals surface area contributed by atoms with Gasteiger partial charge in [-0.05, 0) is 48.1 Å². The summed E-state index contributed by atoms with van der Waals surface area (Å²) in [5.41, 5.74) is -0.0365. The topological polar surface area (TPSA) is 21.3 Å². The van der Waals surface area contributed by atoms with Crippen molar-refractivity contribution in [1.82, 2.24) is 5.32 Å². The number of hydrogen-bond donors (Lipinski definition) is 1. The van der Waals surface area contributed by atoms with Crippen LogP contribution in [0, 0.1) is 0 Å². The highest BCUT2D eigenvalue weighted by Crippen LogP contribution is 2.21. The molecular weight excluding hydrogens is 274 g/mol. The second-order valence-electron chi connectivity index (χ2n) is 4.33. The van der Waals surface area contributed by atoms with Crippen molar-refractivity contribution in [2.24, 2.45) is 0 Å². The predicted molar refractivity (Wildman–Crippen MR) is 69.4 cm³/mol. The Balaban J connectivity index is 2.10. The second kappa shape index (κ2) is 5.99. The lowest BCUT2D eigenvalue weighted by Gasteiger charge is -2.19. The van der Waals surface area contributed by atoms with Crippen molar-refractivity contribution in [2.75, 3.05) is 13.2 Å². The smallest absolute Gasteiger partial charge is 0.0599 e. The van der Waals surface area contributed by atoms with Gasteiger partial charge in [-0.25, -0.2) is 0 Å². The minimum Gasteiger partial charge on any atom is -0.375 e. The maximum absolute atomic E-state index is 5.61. The summed E-state index contributed by atoms with van der Waals surface area (Å²) in [6.45, 7) is 8.77. The summed E-state index contributed by atoms with van der Waals surface area (Å²) in [7, 11) is 0. The molecule has 0 aliphatic rings. The lowest BCUT2D eigenvalue weighted by molar-refractivity contribution is -0.000871. The van der Waals surface area contributed by atoms with Crippen molar-refractivity contribution in [1.29, 1.82) is 0 Å². The Morgan fingerprint density at radius 3 is 2.73 bits per heavy atom. The van der Waals surface area contributed by atoms with Crippen LogP contribution in [-0.2, 0) is 11.3 Å². The molecule has 0 bridgehead atoms. The molecule has 0 amide bonds. The molecule has 0 spiro atoms. The van der Waals surface area contributed by atoms with Gasteiger partial charge in [0.05, 0.1) is 12.2 Å². The Kier molecular flexibility index (Phi) is 5.26. The van der Waals surface area contributed by atoms with Crippen LogP contribution in [0.4, 0.5) is 0 Å². The molecule has 1 heterocycles. The van der Waals surface area contributed by atoms with Crippen LogP contribution in [0.5, 0.6) is 0 Å². The van der Waals surface area contributed by atoms with Gasteiger partial charge in [0.1, 0.15) is 0 Å². The van der Waals surface area contributed by atoms with Crippen LogP contribution < -0.4 is 5.32 Å². The first-order valence-electron chi connectivity index (χ1n) is 5.05. The van der Waals surface area contributed by atoms with Gasteiger partial charge in [-0.1, -0.05) is 0 Å². The number of thiophene rings is 1. The van der Waals surface area contributed by atoms with Crippen LogP contribution in [0.1, 0.15) is 25.6 Å². The number of ether oxygens (including phenoxy) is 1. The molecule has 1 N–H and O–H groups in total. The summed E-state index contributed by atoms with van der Waals surface area (Å²) in [6.07, 6.45) is 0. The molecule has 0 atom stereocenters. The Labute approximate surface area is 104 Å². The normalized spacial score (nSPS) is 12.0. The highest BCUT2D eigenvalue weighted by molar-refractivity contribution is 9.10. The number of rotatable bonds is 5. The molecule has 0 radical (unpaired) electrons. The molecule has 1 rings (SSSR count). The Morgan fingerprint density at radius 2 is 2.20 bits per heavy atom. The van der Waals surface area contributed by atoms with Crippen molar-refractivity contribution in [3.05, 3.63) is 20.8 Å². The Bertz CT molecular complexity index is 293. The van der Waals surface area contributed by atoms with Gasteiger partial charge in [0.25, 0.3) is 0 Å². The van der Waals surface area contributed by atoms with Gasteiger partial charge in [-0.3, -0.25) is 0 Å². The summed E-state index contributed by atoms with van der Waals surface area (Å²) >= 11 is 5.27. The summed E-state index contributed by atoms with van der Waals surface area (Å²) in [4.78, 5) is 1.34. The third-order valence-corrected chi connectivity index (χ3v) is 3.72. The average molecular weight is 292 g/mol. The third kappa shape index (κ3) is 5.66. The van der Waals surface area contributed by atoms with Crippen molar-refractivity contribution in [3.8, 4) is 0 Å². The highest BCUT2D eigenvalue weighted by Gasteiger charge is 2.08. The van der Waals surface area contributed by atoms with Crippen molar-refractivity contribution in [3.63, 3.8) is 0 Å². The fraction of sp³-hybridized carbons (Fsp3) is 0.636.